The number of likely N-dealkylation sites (tertiary alicyclic amines) is 1. The molecule has 4 nitrogen and oxygen atoms in total. The summed E-state index contributed by atoms with van der Waals surface area (Å²) in [7, 11) is 0. The van der Waals surface area contributed by atoms with Crippen LogP contribution in [-0.4, -0.2) is 48.3 Å². The van der Waals surface area contributed by atoms with Gasteiger partial charge in [-0.25, -0.2) is 0 Å². The molecule has 1 aliphatic carbocycles. The molecule has 0 aromatic heterocycles. The fraction of sp³-hybridized carbons (Fsp3) is 0.938. The van der Waals surface area contributed by atoms with E-state index in [1.165, 1.54) is 45.1 Å². The molecule has 1 saturated carbocycles. The topological polar surface area (TPSA) is 49.8 Å². The second kappa shape index (κ2) is 8.63. The van der Waals surface area contributed by atoms with Gasteiger partial charge in [-0.2, -0.15) is 0 Å². The van der Waals surface area contributed by atoms with Crippen LogP contribution >= 0.6 is 0 Å². The summed E-state index contributed by atoms with van der Waals surface area (Å²) in [6.45, 7) is 3.87. The van der Waals surface area contributed by atoms with Gasteiger partial charge in [0.15, 0.2) is 0 Å². The van der Waals surface area contributed by atoms with E-state index in [9.17, 15) is 4.79 Å². The van der Waals surface area contributed by atoms with Crippen LogP contribution in [0.3, 0.4) is 0 Å². The Morgan fingerprint density at radius 3 is 2.30 bits per heavy atom. The van der Waals surface area contributed by atoms with Crippen molar-refractivity contribution >= 4 is 5.97 Å². The summed E-state index contributed by atoms with van der Waals surface area (Å²) in [5, 5.41) is 8.60. The molecule has 0 spiro atoms. The molecule has 0 radical (unpaired) electrons. The molecule has 0 aromatic carbocycles. The molecule has 0 atom stereocenters. The highest BCUT2D eigenvalue weighted by Gasteiger charge is 2.22. The molecule has 2 aliphatic rings. The van der Waals surface area contributed by atoms with E-state index < -0.39 is 5.97 Å². The van der Waals surface area contributed by atoms with E-state index in [-0.39, 0.29) is 12.5 Å². The Hall–Kier alpha value is -0.610. The van der Waals surface area contributed by atoms with Gasteiger partial charge in [-0.3, -0.25) is 4.79 Å². The van der Waals surface area contributed by atoms with Crippen LogP contribution in [0.5, 0.6) is 0 Å². The summed E-state index contributed by atoms with van der Waals surface area (Å²) in [6.07, 6.45) is 11.0. The zero-order valence-electron chi connectivity index (χ0n) is 12.6. The number of hydrogen-bond donors (Lipinski definition) is 1. The first-order valence-corrected chi connectivity index (χ1v) is 8.30. The number of nitrogens with zero attached hydrogens (tertiary/aromatic N) is 1. The smallest absolute Gasteiger partial charge is 0.305 e. The number of hydrogen-bond acceptors (Lipinski definition) is 3. The first kappa shape index (κ1) is 15.8. The van der Waals surface area contributed by atoms with Gasteiger partial charge in [0.25, 0.3) is 0 Å². The molecule has 1 aliphatic heterocycles. The van der Waals surface area contributed by atoms with Crippen molar-refractivity contribution in [3.8, 4) is 0 Å². The number of rotatable bonds is 6. The zero-order chi connectivity index (χ0) is 14.2. The zero-order valence-corrected chi connectivity index (χ0v) is 12.6. The minimum atomic E-state index is -0.768. The van der Waals surface area contributed by atoms with E-state index in [0.717, 1.165) is 31.8 Å². The normalized spacial score (nSPS) is 23.6. The van der Waals surface area contributed by atoms with Crippen molar-refractivity contribution in [2.75, 3.05) is 26.2 Å². The Labute approximate surface area is 122 Å². The fourth-order valence-electron chi connectivity index (χ4n) is 3.48. The lowest BCUT2D eigenvalue weighted by molar-refractivity contribution is -0.138. The Balaban J connectivity index is 1.59. The van der Waals surface area contributed by atoms with Crippen LogP contribution in [0.1, 0.15) is 57.8 Å². The molecule has 2 rings (SSSR count). The second-order valence-electron chi connectivity index (χ2n) is 6.37. The van der Waals surface area contributed by atoms with Gasteiger partial charge in [0.2, 0.25) is 0 Å². The van der Waals surface area contributed by atoms with Crippen molar-refractivity contribution in [3.05, 3.63) is 0 Å². The third-order valence-electron chi connectivity index (χ3n) is 4.70. The van der Waals surface area contributed by atoms with Gasteiger partial charge in [0, 0.05) is 19.6 Å². The highest BCUT2D eigenvalue weighted by molar-refractivity contribution is 5.66. The summed E-state index contributed by atoms with van der Waals surface area (Å²) in [4.78, 5) is 13.0. The molecule has 2 fully saturated rings. The van der Waals surface area contributed by atoms with Crippen LogP contribution in [0.4, 0.5) is 0 Å². The van der Waals surface area contributed by atoms with E-state index in [0.29, 0.717) is 6.61 Å². The number of piperidine rings is 1. The second-order valence-corrected chi connectivity index (χ2v) is 6.37. The molecule has 1 saturated heterocycles. The summed E-state index contributed by atoms with van der Waals surface area (Å²) in [5.41, 5.74) is 0. The molecular weight excluding hydrogens is 254 g/mol. The maximum Gasteiger partial charge on any atom is 0.305 e. The summed E-state index contributed by atoms with van der Waals surface area (Å²) in [5.74, 6) is 0.137. The average molecular weight is 283 g/mol. The highest BCUT2D eigenvalue weighted by atomic mass is 16.5. The molecule has 1 N–H and O–H groups in total. The standard InChI is InChI=1S/C16H29NO3/c18-16(19)9-12-20-15-7-10-17(11-8-15)13-14-5-3-1-2-4-6-14/h14-15H,1-13H2,(H,18,19). The third-order valence-corrected chi connectivity index (χ3v) is 4.70. The van der Waals surface area contributed by atoms with E-state index >= 15 is 0 Å². The van der Waals surface area contributed by atoms with Gasteiger partial charge >= 0.3 is 5.97 Å². The van der Waals surface area contributed by atoms with Crippen molar-refractivity contribution in [2.24, 2.45) is 5.92 Å². The number of aliphatic carboxylic acids is 1. The highest BCUT2D eigenvalue weighted by Crippen LogP contribution is 2.25. The molecule has 4 heteroatoms. The largest absolute Gasteiger partial charge is 0.481 e. The Morgan fingerprint density at radius 2 is 1.70 bits per heavy atom. The quantitative estimate of drug-likeness (QED) is 0.762. The van der Waals surface area contributed by atoms with Crippen LogP contribution in [0, 0.1) is 5.92 Å². The molecule has 0 aromatic rings. The first-order chi connectivity index (χ1) is 9.74. The predicted molar refractivity (Wildman–Crippen MR) is 78.9 cm³/mol. The summed E-state index contributed by atoms with van der Waals surface area (Å²) in [6, 6.07) is 0. The number of ether oxygens (including phenoxy) is 1. The van der Waals surface area contributed by atoms with Gasteiger partial charge in [-0.15, -0.1) is 0 Å². The maximum absolute atomic E-state index is 10.5. The van der Waals surface area contributed by atoms with Crippen molar-refractivity contribution in [2.45, 2.75) is 63.9 Å². The molecule has 20 heavy (non-hydrogen) atoms. The first-order valence-electron chi connectivity index (χ1n) is 8.30. The van der Waals surface area contributed by atoms with Crippen molar-refractivity contribution in [1.82, 2.24) is 4.90 Å². The van der Waals surface area contributed by atoms with Gasteiger partial charge in [-0.1, -0.05) is 25.7 Å². The van der Waals surface area contributed by atoms with Crippen LogP contribution in [-0.2, 0) is 9.53 Å². The number of carbonyl (C=O) groups is 1. The van der Waals surface area contributed by atoms with Gasteiger partial charge in [-0.05, 0) is 31.6 Å². The Morgan fingerprint density at radius 1 is 1.05 bits per heavy atom. The molecular formula is C16H29NO3. The lowest BCUT2D eigenvalue weighted by atomic mass is 9.98. The average Bonchev–Trinajstić information content (AvgIpc) is 2.69. The molecule has 0 amide bonds. The maximum atomic E-state index is 10.5. The van der Waals surface area contributed by atoms with Crippen LogP contribution in [0.15, 0.2) is 0 Å². The van der Waals surface area contributed by atoms with Crippen molar-refractivity contribution in [3.63, 3.8) is 0 Å². The van der Waals surface area contributed by atoms with E-state index in [1.807, 2.05) is 0 Å². The van der Waals surface area contributed by atoms with Crippen molar-refractivity contribution in [1.29, 1.82) is 0 Å². The summed E-state index contributed by atoms with van der Waals surface area (Å²) < 4.78 is 5.64. The minimum absolute atomic E-state index is 0.127. The fourth-order valence-corrected chi connectivity index (χ4v) is 3.48. The van der Waals surface area contributed by atoms with Crippen LogP contribution < -0.4 is 0 Å². The molecule has 1 heterocycles. The van der Waals surface area contributed by atoms with Gasteiger partial charge < -0.3 is 14.7 Å². The summed E-state index contributed by atoms with van der Waals surface area (Å²) >= 11 is 0. The van der Waals surface area contributed by atoms with E-state index in [4.69, 9.17) is 9.84 Å². The number of carboxylic acids is 1. The lowest BCUT2D eigenvalue weighted by Crippen LogP contribution is -2.39. The predicted octanol–water partition coefficient (Wildman–Crippen LogP) is 2.91. The van der Waals surface area contributed by atoms with Crippen LogP contribution in [0.25, 0.3) is 0 Å². The Bertz CT molecular complexity index is 279. The van der Waals surface area contributed by atoms with E-state index in [1.54, 1.807) is 0 Å². The molecule has 0 unspecified atom stereocenters. The van der Waals surface area contributed by atoms with Gasteiger partial charge in [0.1, 0.15) is 0 Å². The van der Waals surface area contributed by atoms with E-state index in [2.05, 4.69) is 4.90 Å². The number of carboxylic acid groups (broad SMARTS) is 1. The molecule has 116 valence electrons. The van der Waals surface area contributed by atoms with Gasteiger partial charge in [0.05, 0.1) is 19.1 Å². The monoisotopic (exact) mass is 283 g/mol. The van der Waals surface area contributed by atoms with Crippen LogP contribution in [0.2, 0.25) is 0 Å². The lowest BCUT2D eigenvalue weighted by Gasteiger charge is -2.34. The third kappa shape index (κ3) is 5.80. The van der Waals surface area contributed by atoms with Crippen molar-refractivity contribution < 1.29 is 14.6 Å². The minimum Gasteiger partial charge on any atom is -0.481 e. The SMILES string of the molecule is O=C(O)CCOC1CCN(CC2CCCCCC2)CC1. The Kier molecular flexibility index (Phi) is 6.80. The molecule has 0 bridgehead atoms.